The lowest BCUT2D eigenvalue weighted by atomic mass is 9.76. The number of rotatable bonds is 12. The average Bonchev–Trinajstić information content (AvgIpc) is 3.29. The Morgan fingerprint density at radius 2 is 1.45 bits per heavy atom. The van der Waals surface area contributed by atoms with Crippen LogP contribution in [0.4, 0.5) is 4.79 Å². The molecule has 0 aliphatic heterocycles. The van der Waals surface area contributed by atoms with Crippen molar-refractivity contribution in [3.8, 4) is 11.1 Å². The molecule has 3 N–H and O–H groups in total. The Labute approximate surface area is 244 Å². The monoisotopic (exact) mass is 570 g/mol. The number of aliphatic carboxylic acids is 1. The second-order valence-electron chi connectivity index (χ2n) is 10.8. The quantitative estimate of drug-likeness (QED) is 0.270. The van der Waals surface area contributed by atoms with Crippen molar-refractivity contribution in [3.63, 3.8) is 0 Å². The minimum absolute atomic E-state index is 0.00724. The van der Waals surface area contributed by atoms with Gasteiger partial charge in [0.05, 0.1) is 12.3 Å². The van der Waals surface area contributed by atoms with Gasteiger partial charge in [0.2, 0.25) is 5.91 Å². The summed E-state index contributed by atoms with van der Waals surface area (Å²) in [5.41, 5.74) is 5.03. The van der Waals surface area contributed by atoms with Crippen molar-refractivity contribution < 1.29 is 33.8 Å². The number of amides is 2. The second kappa shape index (κ2) is 13.3. The van der Waals surface area contributed by atoms with Gasteiger partial charge in [-0.2, -0.15) is 0 Å². The first-order valence-electron chi connectivity index (χ1n) is 14.2. The standard InChI is InChI=1S/C33H34N2O7/c36-30(41-19-21-9-2-1-3-10-21)17-29(31(37)34-18-27(32(38)39)22-11-8-12-22)35-33(40)42-20-28-25-15-6-4-13-23(25)24-14-5-7-16-26(24)28/h1-7,9-10,13-16,22,27-29H,8,11-12,17-20H2,(H,34,37)(H,35,40)(H,38,39)/t27?,29-/m0/s1. The van der Waals surface area contributed by atoms with Gasteiger partial charge in [0.15, 0.2) is 0 Å². The highest BCUT2D eigenvalue weighted by atomic mass is 16.5. The minimum Gasteiger partial charge on any atom is -0.481 e. The van der Waals surface area contributed by atoms with Crippen molar-refractivity contribution in [2.24, 2.45) is 11.8 Å². The number of alkyl carbamates (subject to hydrolysis) is 1. The molecule has 3 aromatic rings. The van der Waals surface area contributed by atoms with Gasteiger partial charge in [-0.15, -0.1) is 0 Å². The molecule has 9 heteroatoms. The highest BCUT2D eigenvalue weighted by Gasteiger charge is 2.34. The number of benzene rings is 3. The Kier molecular flexibility index (Phi) is 9.16. The van der Waals surface area contributed by atoms with E-state index in [0.29, 0.717) is 0 Å². The molecular formula is C33H34N2O7. The number of hydrogen-bond donors (Lipinski definition) is 3. The Morgan fingerprint density at radius 1 is 0.833 bits per heavy atom. The molecule has 0 saturated heterocycles. The molecule has 2 atom stereocenters. The lowest BCUT2D eigenvalue weighted by Crippen LogP contribution is -2.50. The number of carboxylic acids is 1. The van der Waals surface area contributed by atoms with E-state index in [4.69, 9.17) is 9.47 Å². The molecule has 2 aliphatic rings. The van der Waals surface area contributed by atoms with Crippen LogP contribution in [0.25, 0.3) is 11.1 Å². The van der Waals surface area contributed by atoms with Crippen molar-refractivity contribution in [1.82, 2.24) is 10.6 Å². The molecule has 0 radical (unpaired) electrons. The maximum absolute atomic E-state index is 13.2. The van der Waals surface area contributed by atoms with Gasteiger partial charge in [-0.05, 0) is 46.6 Å². The number of fused-ring (bicyclic) bond motifs is 3. The molecule has 0 spiro atoms. The van der Waals surface area contributed by atoms with Crippen LogP contribution in [0.1, 0.15) is 48.3 Å². The van der Waals surface area contributed by atoms with Crippen molar-refractivity contribution >= 4 is 23.9 Å². The normalized spacial score (nSPS) is 15.3. The second-order valence-corrected chi connectivity index (χ2v) is 10.8. The molecule has 2 amide bonds. The summed E-state index contributed by atoms with van der Waals surface area (Å²) in [5, 5.41) is 14.8. The van der Waals surface area contributed by atoms with E-state index in [1.54, 1.807) is 12.1 Å². The molecule has 0 heterocycles. The van der Waals surface area contributed by atoms with Gasteiger partial charge in [0, 0.05) is 12.5 Å². The van der Waals surface area contributed by atoms with Crippen LogP contribution in [0, 0.1) is 11.8 Å². The summed E-state index contributed by atoms with van der Waals surface area (Å²) in [4.78, 5) is 50.5. The van der Waals surface area contributed by atoms with E-state index in [9.17, 15) is 24.3 Å². The molecule has 9 nitrogen and oxygen atoms in total. The molecule has 2 aliphatic carbocycles. The highest BCUT2D eigenvalue weighted by molar-refractivity contribution is 5.90. The summed E-state index contributed by atoms with van der Waals surface area (Å²) >= 11 is 0. The number of esters is 1. The van der Waals surface area contributed by atoms with Gasteiger partial charge in [-0.1, -0.05) is 85.3 Å². The van der Waals surface area contributed by atoms with Crippen molar-refractivity contribution in [3.05, 3.63) is 95.6 Å². The first-order chi connectivity index (χ1) is 20.4. The molecule has 5 rings (SSSR count). The molecular weight excluding hydrogens is 536 g/mol. The lowest BCUT2D eigenvalue weighted by molar-refractivity contribution is -0.148. The first-order valence-corrected chi connectivity index (χ1v) is 14.2. The average molecular weight is 571 g/mol. The van der Waals surface area contributed by atoms with E-state index in [1.165, 1.54) is 0 Å². The molecule has 3 aromatic carbocycles. The maximum atomic E-state index is 13.2. The number of carbonyl (C=O) groups is 4. The Hall–Kier alpha value is -4.66. The summed E-state index contributed by atoms with van der Waals surface area (Å²) in [6.45, 7) is -0.0437. The zero-order chi connectivity index (χ0) is 29.5. The zero-order valence-electron chi connectivity index (χ0n) is 23.2. The number of hydrogen-bond acceptors (Lipinski definition) is 6. The fourth-order valence-corrected chi connectivity index (χ4v) is 5.59. The van der Waals surface area contributed by atoms with Crippen LogP contribution in [-0.2, 0) is 30.5 Å². The van der Waals surface area contributed by atoms with Gasteiger partial charge >= 0.3 is 18.0 Å². The maximum Gasteiger partial charge on any atom is 0.407 e. The fourth-order valence-electron chi connectivity index (χ4n) is 5.59. The third-order valence-electron chi connectivity index (χ3n) is 8.10. The molecule has 0 bridgehead atoms. The number of carboxylic acid groups (broad SMARTS) is 1. The topological polar surface area (TPSA) is 131 Å². The highest BCUT2D eigenvalue weighted by Crippen LogP contribution is 2.44. The third-order valence-corrected chi connectivity index (χ3v) is 8.10. The van der Waals surface area contributed by atoms with Crippen LogP contribution in [0.3, 0.4) is 0 Å². The lowest BCUT2D eigenvalue weighted by Gasteiger charge is -2.31. The Bertz CT molecular complexity index is 1390. The van der Waals surface area contributed by atoms with E-state index >= 15 is 0 Å². The number of nitrogens with one attached hydrogen (secondary N) is 2. The van der Waals surface area contributed by atoms with Gasteiger partial charge in [-0.3, -0.25) is 14.4 Å². The van der Waals surface area contributed by atoms with Crippen LogP contribution >= 0.6 is 0 Å². The van der Waals surface area contributed by atoms with Crippen LogP contribution < -0.4 is 10.6 Å². The van der Waals surface area contributed by atoms with Gasteiger partial charge in [0.25, 0.3) is 0 Å². The summed E-state index contributed by atoms with van der Waals surface area (Å²) < 4.78 is 10.9. The largest absolute Gasteiger partial charge is 0.481 e. The number of ether oxygens (including phenoxy) is 2. The third kappa shape index (κ3) is 6.79. The number of carbonyl (C=O) groups excluding carboxylic acids is 3. The van der Waals surface area contributed by atoms with Gasteiger partial charge < -0.3 is 25.2 Å². The predicted octanol–water partition coefficient (Wildman–Crippen LogP) is 4.64. The van der Waals surface area contributed by atoms with E-state index in [0.717, 1.165) is 47.1 Å². The smallest absolute Gasteiger partial charge is 0.407 e. The fraction of sp³-hybridized carbons (Fsp3) is 0.333. The Morgan fingerprint density at radius 3 is 2.05 bits per heavy atom. The molecule has 42 heavy (non-hydrogen) atoms. The van der Waals surface area contributed by atoms with Crippen molar-refractivity contribution in [1.29, 1.82) is 0 Å². The van der Waals surface area contributed by atoms with E-state index in [1.807, 2.05) is 66.7 Å². The van der Waals surface area contributed by atoms with Gasteiger partial charge in [0.1, 0.15) is 19.3 Å². The van der Waals surface area contributed by atoms with Crippen molar-refractivity contribution in [2.45, 2.75) is 44.2 Å². The first kappa shape index (κ1) is 28.9. The van der Waals surface area contributed by atoms with Gasteiger partial charge in [-0.25, -0.2) is 4.79 Å². The van der Waals surface area contributed by atoms with Crippen molar-refractivity contribution in [2.75, 3.05) is 13.2 Å². The van der Waals surface area contributed by atoms with Crippen LogP contribution in [0.15, 0.2) is 78.9 Å². The molecule has 1 saturated carbocycles. The summed E-state index contributed by atoms with van der Waals surface area (Å²) in [5.74, 6) is -3.26. The minimum atomic E-state index is -1.31. The predicted molar refractivity (Wildman–Crippen MR) is 154 cm³/mol. The summed E-state index contributed by atoms with van der Waals surface area (Å²) in [6, 6.07) is 23.7. The molecule has 0 aromatic heterocycles. The van der Waals surface area contributed by atoms with Crippen LogP contribution in [-0.4, -0.2) is 48.2 Å². The molecule has 1 fully saturated rings. The van der Waals surface area contributed by atoms with E-state index in [-0.39, 0.29) is 31.6 Å². The Balaban J connectivity index is 1.23. The van der Waals surface area contributed by atoms with Crippen LogP contribution in [0.2, 0.25) is 0 Å². The van der Waals surface area contributed by atoms with Crippen LogP contribution in [0.5, 0.6) is 0 Å². The molecule has 218 valence electrons. The van der Waals surface area contributed by atoms with E-state index in [2.05, 4.69) is 10.6 Å². The summed E-state index contributed by atoms with van der Waals surface area (Å²) in [7, 11) is 0. The molecule has 1 unspecified atom stereocenters. The SMILES string of the molecule is O=C(C[C@H](NC(=O)OCC1c2ccccc2-c2ccccc21)C(=O)NCC(C(=O)O)C1CCC1)OCc1ccccc1. The van der Waals surface area contributed by atoms with E-state index < -0.39 is 42.3 Å². The zero-order valence-corrected chi connectivity index (χ0v) is 23.2. The summed E-state index contributed by atoms with van der Waals surface area (Å²) in [6.07, 6.45) is 1.24.